The van der Waals surface area contributed by atoms with Crippen LogP contribution in [0, 0.1) is 13.8 Å². The van der Waals surface area contributed by atoms with Crippen LogP contribution in [-0.2, 0) is 94.8 Å². The number of unbranched alkanes of at least 4 members (excludes halogenated alkanes) is 1. The third-order valence-corrected chi connectivity index (χ3v) is 15.9. The first kappa shape index (κ1) is 77.2. The number of pyridine rings is 1. The molecule has 0 saturated carbocycles. The molecule has 9 N–H and O–H groups in total. The second-order valence-electron chi connectivity index (χ2n) is 20.1. The van der Waals surface area contributed by atoms with Crippen LogP contribution in [0.2, 0.25) is 0 Å². The summed E-state index contributed by atoms with van der Waals surface area (Å²) in [6, 6.07) is 3.69. The summed E-state index contributed by atoms with van der Waals surface area (Å²) >= 11 is 0. The topological polar surface area (TPSA) is 389 Å². The number of benzene rings is 1. The predicted molar refractivity (Wildman–Crippen MR) is 314 cm³/mol. The number of nitrogens with one attached hydrogen (secondary N) is 4. The Morgan fingerprint density at radius 3 is 1.67 bits per heavy atom. The van der Waals surface area contributed by atoms with E-state index >= 15 is 0 Å². The van der Waals surface area contributed by atoms with Gasteiger partial charge in [0.2, 0.25) is 27.7 Å². The number of ketones is 1. The molecule has 2 aromatic rings. The number of carbonyl (C=O) groups is 8. The van der Waals surface area contributed by atoms with Crippen LogP contribution >= 0.6 is 17.9 Å². The normalized spacial score (nSPS) is 15.5. The number of ether oxygens (including phenoxy) is 1. The van der Waals surface area contributed by atoms with E-state index in [1.807, 2.05) is 6.07 Å². The van der Waals surface area contributed by atoms with E-state index < -0.39 is 112 Å². The van der Waals surface area contributed by atoms with Gasteiger partial charge in [0.1, 0.15) is 23.6 Å². The van der Waals surface area contributed by atoms with Crippen LogP contribution in [0.25, 0.3) is 0 Å². The molecular formula is C52H85CuN9O18P2S2. The van der Waals surface area contributed by atoms with Crippen LogP contribution in [0.15, 0.2) is 29.2 Å². The zero-order valence-corrected chi connectivity index (χ0v) is 51.7. The Labute approximate surface area is 507 Å². The summed E-state index contributed by atoms with van der Waals surface area (Å²) in [5, 5.41) is 45.7. The number of nitrogens with zero attached hydrogens (tertiary/aromatic N) is 5. The number of aromatic nitrogens is 1. The first-order chi connectivity index (χ1) is 38.8. The Balaban J connectivity index is 0.00000872. The van der Waals surface area contributed by atoms with Crippen LogP contribution in [-0.4, -0.2) is 230 Å². The SMILES string of the molecule is C.Cc1cc(OCCCC(=O)NCCCC(=O)[C@H](CS(=O)(=O)O)NC(=O)CN2CCN(CC(=O)O)CCN(CC(=O)O)CCN(CC(=O)O)CC2)cc(C)c1S(=O)(=O)NC(CNC(=O)CCCCc1ccc2c(n1)CCCC2)C(=O)O.PP.[Cu]. The summed E-state index contributed by atoms with van der Waals surface area (Å²) in [5.41, 5.74) is 3.88. The van der Waals surface area contributed by atoms with Gasteiger partial charge in [-0.15, -0.1) is 17.9 Å². The van der Waals surface area contributed by atoms with E-state index in [0.29, 0.717) is 19.3 Å². The first-order valence-electron chi connectivity index (χ1n) is 26.9. The van der Waals surface area contributed by atoms with Gasteiger partial charge in [0, 0.05) is 113 Å². The number of rotatable bonds is 32. The van der Waals surface area contributed by atoms with Crippen LogP contribution in [0.3, 0.4) is 0 Å². The summed E-state index contributed by atoms with van der Waals surface area (Å²) in [6.07, 6.45) is 6.24. The van der Waals surface area contributed by atoms with Crippen molar-refractivity contribution in [2.45, 2.75) is 115 Å². The van der Waals surface area contributed by atoms with Crippen molar-refractivity contribution < 1.29 is 102 Å². The van der Waals surface area contributed by atoms with Gasteiger partial charge in [-0.1, -0.05) is 13.5 Å². The van der Waals surface area contributed by atoms with E-state index in [9.17, 15) is 80.2 Å². The van der Waals surface area contributed by atoms with Crippen molar-refractivity contribution in [3.63, 3.8) is 0 Å². The number of fused-ring (bicyclic) bond motifs is 1. The van der Waals surface area contributed by atoms with Gasteiger partial charge in [-0.25, -0.2) is 8.42 Å². The molecule has 1 radical (unpaired) electrons. The van der Waals surface area contributed by atoms with Crippen LogP contribution in [0.5, 0.6) is 5.75 Å². The molecule has 4 rings (SSSR count). The number of sulfonamides is 1. The Kier molecular flexibility index (Phi) is 36.6. The minimum atomic E-state index is -4.79. The third kappa shape index (κ3) is 30.5. The van der Waals surface area contributed by atoms with Crippen LogP contribution in [0.1, 0.15) is 93.3 Å². The monoisotopic (exact) mass is 1310 g/mol. The van der Waals surface area contributed by atoms with Gasteiger partial charge in [-0.3, -0.25) is 67.5 Å². The maximum absolute atomic E-state index is 13.5. The van der Waals surface area contributed by atoms with E-state index in [2.05, 4.69) is 44.6 Å². The minimum absolute atomic E-state index is 0. The maximum Gasteiger partial charge on any atom is 0.323 e. The van der Waals surface area contributed by atoms with Crippen molar-refractivity contribution in [1.82, 2.24) is 45.3 Å². The zero-order valence-electron chi connectivity index (χ0n) is 46.8. The van der Waals surface area contributed by atoms with Gasteiger partial charge < -0.3 is 41.1 Å². The molecule has 1 aromatic heterocycles. The molecule has 4 atom stereocenters. The molecule has 0 spiro atoms. The molecule has 0 bridgehead atoms. The summed E-state index contributed by atoms with van der Waals surface area (Å²) in [6.45, 7) is 1.84. The van der Waals surface area contributed by atoms with E-state index in [1.54, 1.807) is 19.6 Å². The summed E-state index contributed by atoms with van der Waals surface area (Å²) in [5.74, 6) is -8.18. The molecule has 2 heterocycles. The van der Waals surface area contributed by atoms with Crippen molar-refractivity contribution in [1.29, 1.82) is 0 Å². The molecule has 3 unspecified atom stereocenters. The van der Waals surface area contributed by atoms with E-state index in [1.165, 1.54) is 31.5 Å². The molecule has 1 aliphatic carbocycles. The molecule has 2 aliphatic rings. The standard InChI is InChI=1S/C51H77N9O18S2.CH4.Cu.H4P2/c1-35-27-39(28-36(2)50(35)80(76,77)56-41(51(71)72)29-53-45(63)13-6-4-10-38-16-15-37-9-3-5-11-40(37)54-38)78-26-8-14-44(62)52-17-7-12-43(61)42(34-79(73,74)75)55-46(64)30-57-18-20-58(31-47(65)66)22-24-60(33-49(69)70)25-23-59(21-19-57)32-48(67)68;;;1-2/h15-16,27-28,41-42,56H,3-14,17-26,29-34H2,1-2H3,(H,52,62)(H,53,63)(H,55,64)(H,65,66)(H,67,68)(H,69,70)(H,71,72)(H,73,74,75);1H4;;1-2H2/t41?,42-;;;/m0.../s1. The second kappa shape index (κ2) is 39.8. The number of carboxylic acids is 4. The van der Waals surface area contributed by atoms with E-state index in [4.69, 9.17) is 9.72 Å². The molecule has 84 heavy (non-hydrogen) atoms. The Hall–Kier alpha value is -4.83. The fourth-order valence-electron chi connectivity index (χ4n) is 9.34. The second-order valence-corrected chi connectivity index (χ2v) is 23.2. The number of carboxylic acid groups (broad SMARTS) is 4. The van der Waals surface area contributed by atoms with Crippen molar-refractivity contribution >= 4 is 85.4 Å². The molecule has 27 nitrogen and oxygen atoms in total. The molecule has 3 amide bonds. The van der Waals surface area contributed by atoms with Crippen LogP contribution in [0.4, 0.5) is 0 Å². The van der Waals surface area contributed by atoms with E-state index in [-0.39, 0.29) is 150 Å². The Morgan fingerprint density at radius 1 is 0.655 bits per heavy atom. The molecule has 1 aliphatic heterocycles. The molecular weight excluding hydrogens is 1230 g/mol. The molecule has 1 saturated heterocycles. The summed E-state index contributed by atoms with van der Waals surface area (Å²) in [7, 11) is -4.53. The van der Waals surface area contributed by atoms with Gasteiger partial charge in [0.25, 0.3) is 10.1 Å². The first-order valence-corrected chi connectivity index (χ1v) is 32.7. The van der Waals surface area contributed by atoms with Crippen LogP contribution < -0.4 is 25.4 Å². The quantitative estimate of drug-likeness (QED) is 0.0209. The number of carbonyl (C=O) groups excluding carboxylic acids is 4. The number of aliphatic carboxylic acids is 4. The predicted octanol–water partition coefficient (Wildman–Crippen LogP) is 0.596. The van der Waals surface area contributed by atoms with Gasteiger partial charge in [0.15, 0.2) is 5.78 Å². The van der Waals surface area contributed by atoms with Crippen molar-refractivity contribution in [3.8, 4) is 5.75 Å². The summed E-state index contributed by atoms with van der Waals surface area (Å²) < 4.78 is 68.5. The average Bonchev–Trinajstić information content (AvgIpc) is 3.36. The number of hydrogen-bond donors (Lipinski definition) is 9. The van der Waals surface area contributed by atoms with Crippen molar-refractivity contribution in [2.75, 3.05) is 104 Å². The number of aryl methyl sites for hydroxylation is 5. The largest absolute Gasteiger partial charge is 0.494 e. The van der Waals surface area contributed by atoms with Crippen molar-refractivity contribution in [2.24, 2.45) is 0 Å². The van der Waals surface area contributed by atoms with Crippen molar-refractivity contribution in [3.05, 3.63) is 52.3 Å². The third-order valence-electron chi connectivity index (χ3n) is 13.3. The van der Waals surface area contributed by atoms with E-state index in [0.717, 1.165) is 37.1 Å². The Morgan fingerprint density at radius 2 is 1.15 bits per heavy atom. The fourth-order valence-corrected chi connectivity index (χ4v) is 11.7. The van der Waals surface area contributed by atoms with Gasteiger partial charge in [-0.2, -0.15) is 13.1 Å². The maximum atomic E-state index is 13.5. The van der Waals surface area contributed by atoms with Gasteiger partial charge in [0.05, 0.1) is 37.7 Å². The average molecular weight is 1310 g/mol. The smallest absolute Gasteiger partial charge is 0.323 e. The van der Waals surface area contributed by atoms with Gasteiger partial charge >= 0.3 is 23.9 Å². The zero-order chi connectivity index (χ0) is 61.0. The van der Waals surface area contributed by atoms with Gasteiger partial charge in [-0.05, 0) is 107 Å². The molecule has 32 heteroatoms. The minimum Gasteiger partial charge on any atom is -0.494 e. The number of amides is 3. The molecule has 1 aromatic carbocycles. The Bertz CT molecular complexity index is 2680. The number of hydrogen-bond acceptors (Lipinski definition) is 18. The number of Topliss-reactive ketones (excluding diaryl/α,β-unsaturated/α-hetero) is 1. The summed E-state index contributed by atoms with van der Waals surface area (Å²) in [4.78, 5) is 110. The molecule has 1 fully saturated rings. The molecule has 479 valence electrons. The fraction of sp³-hybridized carbons (Fsp3) is 0.635.